The zero-order valence-electron chi connectivity index (χ0n) is 18.5. The molecule has 0 radical (unpaired) electrons. The summed E-state index contributed by atoms with van der Waals surface area (Å²) in [6.45, 7) is 5.61. The lowest BCUT2D eigenvalue weighted by molar-refractivity contribution is 0.0783. The highest BCUT2D eigenvalue weighted by Gasteiger charge is 2.21. The van der Waals surface area contributed by atoms with Crippen molar-refractivity contribution >= 4 is 11.7 Å². The van der Waals surface area contributed by atoms with E-state index in [1.54, 1.807) is 4.90 Å². The third-order valence-corrected chi connectivity index (χ3v) is 5.32. The molecule has 0 saturated carbocycles. The lowest BCUT2D eigenvalue weighted by Crippen LogP contribution is -2.31. The summed E-state index contributed by atoms with van der Waals surface area (Å²) in [6, 6.07) is 9.57. The van der Waals surface area contributed by atoms with Gasteiger partial charge in [0.2, 0.25) is 0 Å². The lowest BCUT2D eigenvalue weighted by Gasteiger charge is -2.24. The van der Waals surface area contributed by atoms with Gasteiger partial charge in [-0.1, -0.05) is 12.1 Å². The zero-order valence-corrected chi connectivity index (χ0v) is 18.5. The maximum absolute atomic E-state index is 12.9. The Morgan fingerprint density at radius 1 is 1.20 bits per heavy atom. The number of nitrogens with one attached hydrogen (secondary N) is 1. The fourth-order valence-electron chi connectivity index (χ4n) is 3.57. The molecule has 2 heterocycles. The maximum atomic E-state index is 12.9. The van der Waals surface area contributed by atoms with Crippen LogP contribution < -0.4 is 10.2 Å². The Hall–Kier alpha value is -2.51. The highest BCUT2D eigenvalue weighted by molar-refractivity contribution is 5.94. The van der Waals surface area contributed by atoms with Crippen LogP contribution >= 0.6 is 0 Å². The standard InChI is InChI=1S/C23H33N5O2/c1-5-30-16-17-8-10-18(11-9-17)23(29)28(4)15-20-13-21(27(2)3)26-22(25-20)19-7-6-12-24-14-19/h8-11,13,19,24H,5-7,12,14-16H2,1-4H3/t19-/m1/s1. The molecule has 1 N–H and O–H groups in total. The number of benzene rings is 1. The van der Waals surface area contributed by atoms with Crippen LogP contribution in [0.5, 0.6) is 0 Å². The van der Waals surface area contributed by atoms with Crippen molar-refractivity contribution in [3.05, 3.63) is 53.0 Å². The molecule has 0 bridgehead atoms. The first-order valence-corrected chi connectivity index (χ1v) is 10.7. The third-order valence-electron chi connectivity index (χ3n) is 5.32. The summed E-state index contributed by atoms with van der Waals surface area (Å²) in [4.78, 5) is 26.2. The van der Waals surface area contributed by atoms with E-state index in [9.17, 15) is 4.79 Å². The van der Waals surface area contributed by atoms with Gasteiger partial charge in [-0.3, -0.25) is 4.79 Å². The minimum Gasteiger partial charge on any atom is -0.377 e. The Morgan fingerprint density at radius 2 is 1.97 bits per heavy atom. The van der Waals surface area contributed by atoms with Crippen LogP contribution in [0.4, 0.5) is 5.82 Å². The van der Waals surface area contributed by atoms with Gasteiger partial charge in [0, 0.05) is 51.8 Å². The average Bonchev–Trinajstić information content (AvgIpc) is 2.77. The van der Waals surface area contributed by atoms with Crippen LogP contribution in [0.15, 0.2) is 30.3 Å². The molecular weight excluding hydrogens is 378 g/mol. The van der Waals surface area contributed by atoms with E-state index >= 15 is 0 Å². The fraction of sp³-hybridized carbons (Fsp3) is 0.522. The molecule has 1 atom stereocenters. The van der Waals surface area contributed by atoms with Gasteiger partial charge in [-0.15, -0.1) is 0 Å². The van der Waals surface area contributed by atoms with E-state index in [1.807, 2.05) is 63.3 Å². The third kappa shape index (κ3) is 5.77. The molecule has 0 spiro atoms. The van der Waals surface area contributed by atoms with Gasteiger partial charge in [-0.25, -0.2) is 9.97 Å². The van der Waals surface area contributed by atoms with Crippen molar-refractivity contribution in [1.29, 1.82) is 0 Å². The first-order chi connectivity index (χ1) is 14.5. The molecular formula is C23H33N5O2. The van der Waals surface area contributed by atoms with Crippen LogP contribution in [0.3, 0.4) is 0 Å². The highest BCUT2D eigenvalue weighted by Crippen LogP contribution is 2.23. The smallest absolute Gasteiger partial charge is 0.253 e. The summed E-state index contributed by atoms with van der Waals surface area (Å²) in [6.07, 6.45) is 2.22. The predicted molar refractivity (Wildman–Crippen MR) is 119 cm³/mol. The van der Waals surface area contributed by atoms with Crippen molar-refractivity contribution in [2.75, 3.05) is 45.7 Å². The molecule has 1 saturated heterocycles. The molecule has 3 rings (SSSR count). The largest absolute Gasteiger partial charge is 0.377 e. The first-order valence-electron chi connectivity index (χ1n) is 10.7. The molecule has 1 aromatic carbocycles. The number of rotatable bonds is 8. The summed E-state index contributed by atoms with van der Waals surface area (Å²) in [5, 5.41) is 3.43. The molecule has 162 valence electrons. The second kappa shape index (κ2) is 10.5. The van der Waals surface area contributed by atoms with Gasteiger partial charge >= 0.3 is 0 Å². The van der Waals surface area contributed by atoms with Crippen molar-refractivity contribution in [2.24, 2.45) is 0 Å². The normalized spacial score (nSPS) is 16.3. The quantitative estimate of drug-likeness (QED) is 0.720. The monoisotopic (exact) mass is 411 g/mol. The molecule has 7 nitrogen and oxygen atoms in total. The minimum absolute atomic E-state index is 0.0242. The number of piperidine rings is 1. The van der Waals surface area contributed by atoms with Gasteiger partial charge in [0.15, 0.2) is 0 Å². The van der Waals surface area contributed by atoms with Crippen LogP contribution in [0.2, 0.25) is 0 Å². The summed E-state index contributed by atoms with van der Waals surface area (Å²) < 4.78 is 5.42. The molecule has 0 aliphatic carbocycles. The zero-order chi connectivity index (χ0) is 21.5. The maximum Gasteiger partial charge on any atom is 0.253 e. The van der Waals surface area contributed by atoms with Gasteiger partial charge in [0.25, 0.3) is 5.91 Å². The average molecular weight is 412 g/mol. The van der Waals surface area contributed by atoms with E-state index in [-0.39, 0.29) is 5.91 Å². The number of aromatic nitrogens is 2. The molecule has 1 aliphatic heterocycles. The number of amides is 1. The van der Waals surface area contributed by atoms with Crippen molar-refractivity contribution in [3.8, 4) is 0 Å². The van der Waals surface area contributed by atoms with Crippen LogP contribution in [0, 0.1) is 0 Å². The van der Waals surface area contributed by atoms with Gasteiger partial charge in [0.05, 0.1) is 18.8 Å². The Bertz CT molecular complexity index is 832. The first kappa shape index (κ1) is 22.2. The van der Waals surface area contributed by atoms with E-state index < -0.39 is 0 Å². The number of carbonyl (C=O) groups is 1. The molecule has 7 heteroatoms. The van der Waals surface area contributed by atoms with Gasteiger partial charge in [0.1, 0.15) is 11.6 Å². The van der Waals surface area contributed by atoms with Gasteiger partial charge < -0.3 is 19.9 Å². The van der Waals surface area contributed by atoms with E-state index in [2.05, 4.69) is 5.32 Å². The number of anilines is 1. The Kier molecular flexibility index (Phi) is 7.76. The Labute approximate surface area is 179 Å². The second-order valence-corrected chi connectivity index (χ2v) is 8.01. The molecule has 30 heavy (non-hydrogen) atoms. The van der Waals surface area contributed by atoms with Crippen LogP contribution in [0.1, 0.15) is 53.1 Å². The number of hydrogen-bond donors (Lipinski definition) is 1. The molecule has 1 aromatic heterocycles. The molecule has 1 aliphatic rings. The molecule has 0 unspecified atom stereocenters. The van der Waals surface area contributed by atoms with E-state index in [0.29, 0.717) is 31.2 Å². The molecule has 1 amide bonds. The van der Waals surface area contributed by atoms with Crippen molar-refractivity contribution in [1.82, 2.24) is 20.2 Å². The molecule has 1 fully saturated rings. The number of nitrogens with zero attached hydrogens (tertiary/aromatic N) is 4. The minimum atomic E-state index is -0.0242. The van der Waals surface area contributed by atoms with Crippen molar-refractivity contribution < 1.29 is 9.53 Å². The summed E-state index contributed by atoms with van der Waals surface area (Å²) in [7, 11) is 5.77. The number of hydrogen-bond acceptors (Lipinski definition) is 6. The summed E-state index contributed by atoms with van der Waals surface area (Å²) >= 11 is 0. The van der Waals surface area contributed by atoms with Crippen LogP contribution in [0.25, 0.3) is 0 Å². The van der Waals surface area contributed by atoms with Gasteiger partial charge in [-0.05, 0) is 44.0 Å². The summed E-state index contributed by atoms with van der Waals surface area (Å²) in [5.41, 5.74) is 2.59. The van der Waals surface area contributed by atoms with E-state index in [0.717, 1.165) is 48.8 Å². The van der Waals surface area contributed by atoms with E-state index in [1.165, 1.54) is 0 Å². The van der Waals surface area contributed by atoms with Gasteiger partial charge in [-0.2, -0.15) is 0 Å². The SMILES string of the molecule is CCOCc1ccc(C(=O)N(C)Cc2cc(N(C)C)nc([C@@H]3CCCNC3)n2)cc1. The van der Waals surface area contributed by atoms with Crippen LogP contribution in [-0.2, 0) is 17.9 Å². The van der Waals surface area contributed by atoms with E-state index in [4.69, 9.17) is 14.7 Å². The van der Waals surface area contributed by atoms with Crippen LogP contribution in [-0.4, -0.2) is 61.6 Å². The topological polar surface area (TPSA) is 70.6 Å². The Morgan fingerprint density at radius 3 is 2.60 bits per heavy atom. The lowest BCUT2D eigenvalue weighted by atomic mass is 9.99. The number of carbonyl (C=O) groups excluding carboxylic acids is 1. The Balaban J connectivity index is 1.73. The number of ether oxygens (including phenoxy) is 1. The van der Waals surface area contributed by atoms with Crippen molar-refractivity contribution in [2.45, 2.75) is 38.8 Å². The highest BCUT2D eigenvalue weighted by atomic mass is 16.5. The molecule has 2 aromatic rings. The predicted octanol–water partition coefficient (Wildman–Crippen LogP) is 2.82. The van der Waals surface area contributed by atoms with Crippen molar-refractivity contribution in [3.63, 3.8) is 0 Å². The summed E-state index contributed by atoms with van der Waals surface area (Å²) in [5.74, 6) is 2.03. The fourth-order valence-corrected chi connectivity index (χ4v) is 3.57. The second-order valence-electron chi connectivity index (χ2n) is 8.01.